The van der Waals surface area contributed by atoms with Gasteiger partial charge in [-0.25, -0.2) is 0 Å². The lowest BCUT2D eigenvalue weighted by Crippen LogP contribution is -2.30. The highest BCUT2D eigenvalue weighted by atomic mass is 16.6. The van der Waals surface area contributed by atoms with Crippen LogP contribution in [0.2, 0.25) is 0 Å². The fraction of sp³-hybridized carbons (Fsp3) is 0.870. The van der Waals surface area contributed by atoms with Gasteiger partial charge < -0.3 is 15.3 Å². The van der Waals surface area contributed by atoms with Crippen LogP contribution in [-0.2, 0) is 9.63 Å². The molecule has 4 N–H and O–H groups in total. The zero-order valence-electron chi connectivity index (χ0n) is 18.1. The molecule has 2 aliphatic carbocycles. The molecule has 0 aromatic rings. The van der Waals surface area contributed by atoms with E-state index in [0.717, 1.165) is 37.8 Å². The minimum absolute atomic E-state index is 0.109. The van der Waals surface area contributed by atoms with Gasteiger partial charge in [-0.1, -0.05) is 51.9 Å². The van der Waals surface area contributed by atoms with E-state index in [1.165, 1.54) is 44.1 Å². The Morgan fingerprint density at radius 1 is 1.10 bits per heavy atom. The second-order valence-electron chi connectivity index (χ2n) is 8.84. The van der Waals surface area contributed by atoms with Crippen LogP contribution in [0.1, 0.15) is 96.8 Å². The topological polar surface area (TPSA) is 99.0 Å². The van der Waals surface area contributed by atoms with Crippen molar-refractivity contribution in [2.45, 2.75) is 109 Å². The smallest absolute Gasteiger partial charge is 0.303 e. The molecule has 1 saturated carbocycles. The van der Waals surface area contributed by atoms with Crippen molar-refractivity contribution in [1.82, 2.24) is 5.48 Å². The summed E-state index contributed by atoms with van der Waals surface area (Å²) in [4.78, 5) is 15.8. The predicted octanol–water partition coefficient (Wildman–Crippen LogP) is 4.31. The van der Waals surface area contributed by atoms with E-state index < -0.39 is 5.97 Å². The van der Waals surface area contributed by atoms with Gasteiger partial charge in [-0.2, -0.15) is 0 Å². The van der Waals surface area contributed by atoms with Gasteiger partial charge in [0.25, 0.3) is 0 Å². The molecule has 2 aliphatic rings. The van der Waals surface area contributed by atoms with Gasteiger partial charge in [0, 0.05) is 12.1 Å². The second kappa shape index (κ2) is 13.2. The van der Waals surface area contributed by atoms with Crippen LogP contribution >= 0.6 is 0 Å². The molecule has 0 aliphatic heterocycles. The average molecular weight is 412 g/mol. The van der Waals surface area contributed by atoms with E-state index >= 15 is 0 Å². The van der Waals surface area contributed by atoms with E-state index in [1.807, 2.05) is 0 Å². The molecule has 2 rings (SSSR count). The number of rotatable bonds is 17. The molecule has 29 heavy (non-hydrogen) atoms. The summed E-state index contributed by atoms with van der Waals surface area (Å²) in [5.74, 6) is -0.164. The molecule has 0 aromatic carbocycles. The summed E-state index contributed by atoms with van der Waals surface area (Å²) in [6.45, 7) is 2.60. The van der Waals surface area contributed by atoms with Crippen molar-refractivity contribution in [2.24, 2.45) is 11.8 Å². The van der Waals surface area contributed by atoms with E-state index in [1.54, 1.807) is 0 Å². The number of unbranched alkanes of at least 4 members (excludes halogenated alkanes) is 6. The minimum Gasteiger partial charge on any atom is -0.481 e. The number of aliphatic hydroxyl groups excluding tert-OH is 2. The molecule has 0 bridgehead atoms. The lowest BCUT2D eigenvalue weighted by atomic mass is 9.77. The number of carboxylic acids is 1. The summed E-state index contributed by atoms with van der Waals surface area (Å²) in [5.41, 5.74) is 5.25. The maximum atomic E-state index is 10.5. The monoisotopic (exact) mass is 411 g/mol. The first-order valence-corrected chi connectivity index (χ1v) is 11.7. The molecule has 6 nitrogen and oxygen atoms in total. The Bertz CT molecular complexity index is 521. The number of fused-ring (bicyclic) bond motifs is 1. The van der Waals surface area contributed by atoms with Crippen LogP contribution in [0.15, 0.2) is 11.3 Å². The fourth-order valence-electron chi connectivity index (χ4n) is 4.70. The van der Waals surface area contributed by atoms with Crippen LogP contribution in [0, 0.1) is 11.8 Å². The van der Waals surface area contributed by atoms with Crippen molar-refractivity contribution >= 4 is 5.97 Å². The summed E-state index contributed by atoms with van der Waals surface area (Å²) in [7, 11) is 0. The van der Waals surface area contributed by atoms with Crippen molar-refractivity contribution in [3.05, 3.63) is 11.3 Å². The van der Waals surface area contributed by atoms with E-state index in [-0.39, 0.29) is 24.5 Å². The quantitative estimate of drug-likeness (QED) is 0.210. The highest BCUT2D eigenvalue weighted by Crippen LogP contribution is 2.50. The average Bonchev–Trinajstić information content (AvgIpc) is 2.92. The molecule has 0 saturated heterocycles. The van der Waals surface area contributed by atoms with Crippen LogP contribution < -0.4 is 5.48 Å². The van der Waals surface area contributed by atoms with Crippen LogP contribution in [-0.4, -0.2) is 40.1 Å². The van der Waals surface area contributed by atoms with Crippen LogP contribution in [0.4, 0.5) is 0 Å². The Morgan fingerprint density at radius 2 is 1.83 bits per heavy atom. The van der Waals surface area contributed by atoms with E-state index in [4.69, 9.17) is 9.94 Å². The maximum absolute atomic E-state index is 10.5. The van der Waals surface area contributed by atoms with Gasteiger partial charge >= 0.3 is 5.97 Å². The normalized spacial score (nSPS) is 24.3. The molecule has 1 fully saturated rings. The van der Waals surface area contributed by atoms with Gasteiger partial charge in [0.05, 0.1) is 18.8 Å². The lowest BCUT2D eigenvalue weighted by molar-refractivity contribution is -0.137. The first-order chi connectivity index (χ1) is 14.0. The molecule has 4 unspecified atom stereocenters. The SMILES string of the molecule is CCCCCCCCCC(O)CCC1C(O)CC2=C(NOCCCC(=O)O)CC21. The van der Waals surface area contributed by atoms with Crippen LogP contribution in [0.25, 0.3) is 0 Å². The third-order valence-electron chi connectivity index (χ3n) is 6.51. The van der Waals surface area contributed by atoms with Crippen molar-refractivity contribution in [2.75, 3.05) is 6.61 Å². The van der Waals surface area contributed by atoms with Gasteiger partial charge in [0.2, 0.25) is 0 Å². The number of carbonyl (C=O) groups is 1. The molecule has 4 atom stereocenters. The van der Waals surface area contributed by atoms with Crippen molar-refractivity contribution in [1.29, 1.82) is 0 Å². The van der Waals surface area contributed by atoms with Gasteiger partial charge in [-0.15, -0.1) is 0 Å². The predicted molar refractivity (Wildman–Crippen MR) is 113 cm³/mol. The van der Waals surface area contributed by atoms with Gasteiger partial charge in [0.1, 0.15) is 0 Å². The Morgan fingerprint density at radius 3 is 2.55 bits per heavy atom. The third kappa shape index (κ3) is 8.27. The third-order valence-corrected chi connectivity index (χ3v) is 6.51. The standard InChI is InChI=1S/C23H41NO5/c1-2-3-4-5-6-7-8-10-17(25)12-13-18-19-15-21(20(19)16-22(18)26)24-29-14-9-11-23(27)28/h17-19,22,24-26H,2-16H2,1H3,(H,27,28). The van der Waals surface area contributed by atoms with Crippen molar-refractivity contribution in [3.8, 4) is 0 Å². The largest absolute Gasteiger partial charge is 0.481 e. The van der Waals surface area contributed by atoms with Gasteiger partial charge in [-0.05, 0) is 55.9 Å². The number of aliphatic carboxylic acids is 1. The first kappa shape index (κ1) is 24.2. The minimum atomic E-state index is -0.810. The number of carboxylic acid groups (broad SMARTS) is 1. The Hall–Kier alpha value is -1.11. The Balaban J connectivity index is 1.57. The molecule has 6 heteroatoms. The van der Waals surface area contributed by atoms with E-state index in [0.29, 0.717) is 25.4 Å². The lowest BCUT2D eigenvalue weighted by Gasteiger charge is -2.32. The number of allylic oxidation sites excluding steroid dienone is 1. The van der Waals surface area contributed by atoms with Crippen LogP contribution in [0.5, 0.6) is 0 Å². The molecule has 0 radical (unpaired) electrons. The van der Waals surface area contributed by atoms with Crippen molar-refractivity contribution < 1.29 is 25.0 Å². The summed E-state index contributed by atoms with van der Waals surface area (Å²) < 4.78 is 0. The molecular weight excluding hydrogens is 370 g/mol. The second-order valence-corrected chi connectivity index (χ2v) is 8.84. The first-order valence-electron chi connectivity index (χ1n) is 11.7. The van der Waals surface area contributed by atoms with E-state index in [2.05, 4.69) is 12.4 Å². The number of hydroxylamine groups is 1. The van der Waals surface area contributed by atoms with Crippen molar-refractivity contribution in [3.63, 3.8) is 0 Å². The fourth-order valence-corrected chi connectivity index (χ4v) is 4.70. The van der Waals surface area contributed by atoms with E-state index in [9.17, 15) is 15.0 Å². The van der Waals surface area contributed by atoms with Gasteiger partial charge in [-0.3, -0.25) is 15.1 Å². The zero-order chi connectivity index (χ0) is 21.1. The summed E-state index contributed by atoms with van der Waals surface area (Å²) in [6.07, 6.45) is 12.9. The van der Waals surface area contributed by atoms with Crippen LogP contribution in [0.3, 0.4) is 0 Å². The summed E-state index contributed by atoms with van der Waals surface area (Å²) in [6, 6.07) is 0. The number of hydrogen-bond donors (Lipinski definition) is 4. The maximum Gasteiger partial charge on any atom is 0.303 e. The molecule has 168 valence electrons. The molecule has 0 aromatic heterocycles. The highest BCUT2D eigenvalue weighted by molar-refractivity contribution is 5.66. The molecule has 0 heterocycles. The summed E-state index contributed by atoms with van der Waals surface area (Å²) in [5, 5.41) is 29.4. The molecule has 0 amide bonds. The number of nitrogens with one attached hydrogen (secondary N) is 1. The zero-order valence-corrected chi connectivity index (χ0v) is 18.1. The Kier molecular flexibility index (Phi) is 11.0. The number of hydrogen-bond acceptors (Lipinski definition) is 5. The number of aliphatic hydroxyl groups is 2. The molecule has 0 spiro atoms. The van der Waals surface area contributed by atoms with Gasteiger partial charge in [0.15, 0.2) is 0 Å². The molecular formula is C23H41NO5. The Labute approximate surface area is 175 Å². The highest BCUT2D eigenvalue weighted by Gasteiger charge is 2.45. The summed E-state index contributed by atoms with van der Waals surface area (Å²) >= 11 is 0.